The largest absolute Gasteiger partial charge is 0.492 e. The summed E-state index contributed by atoms with van der Waals surface area (Å²) in [5.41, 5.74) is 2.40. The van der Waals surface area contributed by atoms with Crippen LogP contribution in [0.2, 0.25) is 5.02 Å². The second-order valence-corrected chi connectivity index (χ2v) is 11.3. The quantitative estimate of drug-likeness (QED) is 0.441. The van der Waals surface area contributed by atoms with Crippen molar-refractivity contribution >= 4 is 17.5 Å². The summed E-state index contributed by atoms with van der Waals surface area (Å²) >= 11 is 6.21. The number of halogens is 3. The summed E-state index contributed by atoms with van der Waals surface area (Å²) in [5.74, 6) is -0.505. The van der Waals surface area contributed by atoms with Crippen molar-refractivity contribution in [3.05, 3.63) is 63.4 Å². The normalized spacial score (nSPS) is 21.6. The first-order chi connectivity index (χ1) is 17.7. The molecule has 5 rings (SSSR count). The van der Waals surface area contributed by atoms with Gasteiger partial charge in [0.05, 0.1) is 23.6 Å². The van der Waals surface area contributed by atoms with Gasteiger partial charge in [0.15, 0.2) is 0 Å². The lowest BCUT2D eigenvalue weighted by Crippen LogP contribution is -2.42. The number of nitrogens with zero attached hydrogens (tertiary/aromatic N) is 3. The van der Waals surface area contributed by atoms with Gasteiger partial charge in [-0.2, -0.15) is 5.26 Å². The number of hydrogen-bond donors (Lipinski definition) is 0. The lowest BCUT2D eigenvalue weighted by molar-refractivity contribution is 0.0777. The van der Waals surface area contributed by atoms with E-state index in [2.05, 4.69) is 17.0 Å². The number of carbonyl (C=O) groups is 1. The molecule has 2 aliphatic heterocycles. The number of likely N-dealkylation sites (tertiary alicyclic amines) is 2. The van der Waals surface area contributed by atoms with E-state index in [4.69, 9.17) is 16.3 Å². The fourth-order valence-corrected chi connectivity index (χ4v) is 5.76. The van der Waals surface area contributed by atoms with E-state index >= 15 is 4.39 Å². The first kappa shape index (κ1) is 25.9. The van der Waals surface area contributed by atoms with Crippen LogP contribution in [0.1, 0.15) is 65.1 Å². The van der Waals surface area contributed by atoms with Crippen LogP contribution in [0.15, 0.2) is 30.3 Å². The molecular formula is C29H32ClF2N3O2. The molecule has 5 nitrogen and oxygen atoms in total. The predicted molar refractivity (Wildman–Crippen MR) is 138 cm³/mol. The summed E-state index contributed by atoms with van der Waals surface area (Å²) in [5, 5.41) is 10.8. The molecule has 0 radical (unpaired) electrons. The van der Waals surface area contributed by atoms with Crippen LogP contribution in [0.4, 0.5) is 8.78 Å². The Morgan fingerprint density at radius 2 is 1.92 bits per heavy atom. The van der Waals surface area contributed by atoms with Crippen LogP contribution in [0.3, 0.4) is 0 Å². The van der Waals surface area contributed by atoms with Crippen LogP contribution >= 0.6 is 11.6 Å². The average Bonchev–Trinajstić information content (AvgIpc) is 3.62. The molecule has 3 fully saturated rings. The van der Waals surface area contributed by atoms with Crippen molar-refractivity contribution in [3.8, 4) is 11.8 Å². The molecule has 2 aromatic rings. The average molecular weight is 528 g/mol. The van der Waals surface area contributed by atoms with E-state index < -0.39 is 23.3 Å². The molecule has 196 valence electrons. The van der Waals surface area contributed by atoms with Crippen LogP contribution < -0.4 is 4.74 Å². The Morgan fingerprint density at radius 3 is 2.54 bits per heavy atom. The van der Waals surface area contributed by atoms with Crippen molar-refractivity contribution in [2.45, 2.75) is 57.7 Å². The van der Waals surface area contributed by atoms with Crippen LogP contribution in [0.25, 0.3) is 0 Å². The Labute approximate surface area is 221 Å². The first-order valence-electron chi connectivity index (χ1n) is 13.0. The van der Waals surface area contributed by atoms with Crippen molar-refractivity contribution < 1.29 is 18.3 Å². The highest BCUT2D eigenvalue weighted by Gasteiger charge is 2.37. The van der Waals surface area contributed by atoms with Crippen LogP contribution in [-0.4, -0.2) is 54.7 Å². The topological polar surface area (TPSA) is 56.6 Å². The predicted octanol–water partition coefficient (Wildman–Crippen LogP) is 6.03. The summed E-state index contributed by atoms with van der Waals surface area (Å²) in [6.45, 7) is 4.79. The number of aryl methyl sites for hydroxylation is 1. The third kappa shape index (κ3) is 5.91. The van der Waals surface area contributed by atoms with E-state index in [0.29, 0.717) is 25.1 Å². The minimum atomic E-state index is -1.05. The number of amides is 1. The van der Waals surface area contributed by atoms with Crippen molar-refractivity contribution in [2.24, 2.45) is 5.41 Å². The number of hydrogen-bond acceptors (Lipinski definition) is 4. The second kappa shape index (κ2) is 10.6. The van der Waals surface area contributed by atoms with Gasteiger partial charge in [-0.3, -0.25) is 9.69 Å². The molecule has 0 bridgehead atoms. The smallest absolute Gasteiger partial charge is 0.256 e. The number of benzene rings is 2. The number of ether oxygens (including phenoxy) is 1. The van der Waals surface area contributed by atoms with Gasteiger partial charge in [0.25, 0.3) is 5.91 Å². The van der Waals surface area contributed by atoms with Crippen molar-refractivity contribution in [3.63, 3.8) is 0 Å². The lowest BCUT2D eigenvalue weighted by Gasteiger charge is -2.37. The molecule has 2 aromatic carbocycles. The lowest BCUT2D eigenvalue weighted by atomic mass is 9.80. The summed E-state index contributed by atoms with van der Waals surface area (Å²) in [6, 6.07) is 11.4. The second-order valence-electron chi connectivity index (χ2n) is 10.9. The third-order valence-electron chi connectivity index (χ3n) is 7.83. The molecule has 3 aliphatic rings. The Morgan fingerprint density at radius 1 is 1.16 bits per heavy atom. The third-order valence-corrected chi connectivity index (χ3v) is 8.05. The number of nitriles is 1. The molecule has 2 saturated heterocycles. The van der Waals surface area contributed by atoms with Crippen molar-refractivity contribution in [2.75, 3.05) is 32.8 Å². The number of carbonyl (C=O) groups excluding carboxylic acids is 1. The Kier molecular flexibility index (Phi) is 7.42. The van der Waals surface area contributed by atoms with Gasteiger partial charge in [0.1, 0.15) is 24.3 Å². The van der Waals surface area contributed by atoms with Gasteiger partial charge in [0, 0.05) is 37.3 Å². The SMILES string of the molecule is Cc1cc(Cl)cc(CN2CCC(C#N)(COc3cc(F)c(C(=O)N4CCC(F)C4)cc3C3CC3)CC2)c1. The maximum Gasteiger partial charge on any atom is 0.256 e. The highest BCUT2D eigenvalue weighted by atomic mass is 35.5. The summed E-state index contributed by atoms with van der Waals surface area (Å²) in [4.78, 5) is 16.5. The number of piperidine rings is 1. The Balaban J connectivity index is 1.25. The molecule has 8 heteroatoms. The summed E-state index contributed by atoms with van der Waals surface area (Å²) in [6.07, 6.45) is 2.44. The van der Waals surface area contributed by atoms with E-state index in [9.17, 15) is 14.4 Å². The number of alkyl halides is 1. The molecule has 2 heterocycles. The zero-order chi connectivity index (χ0) is 26.2. The maximum atomic E-state index is 15.1. The molecule has 1 aliphatic carbocycles. The molecule has 37 heavy (non-hydrogen) atoms. The van der Waals surface area contributed by atoms with Crippen molar-refractivity contribution in [1.82, 2.24) is 9.80 Å². The van der Waals surface area contributed by atoms with Gasteiger partial charge < -0.3 is 9.64 Å². The Bertz CT molecular complexity index is 1200. The standard InChI is InChI=1S/C29H32ClF2N3O2/c1-19-10-20(12-22(30)11-19)15-34-8-5-29(17-33,6-9-34)18-37-27-14-26(32)25(13-24(27)21-2-3-21)28(36)35-7-4-23(31)16-35/h10-14,21,23H,2-9,15-16,18H2,1H3. The molecule has 0 spiro atoms. The highest BCUT2D eigenvalue weighted by Crippen LogP contribution is 2.46. The van der Waals surface area contributed by atoms with E-state index in [1.807, 2.05) is 19.1 Å². The molecule has 1 atom stereocenters. The summed E-state index contributed by atoms with van der Waals surface area (Å²) < 4.78 is 34.8. The van der Waals surface area contributed by atoms with E-state index in [1.165, 1.54) is 11.0 Å². The molecule has 1 saturated carbocycles. The minimum absolute atomic E-state index is 0.00785. The molecule has 0 N–H and O–H groups in total. The zero-order valence-corrected chi connectivity index (χ0v) is 21.9. The van der Waals surface area contributed by atoms with Gasteiger partial charge in [-0.15, -0.1) is 0 Å². The molecule has 0 aromatic heterocycles. The maximum absolute atomic E-state index is 15.1. The van der Waals surface area contributed by atoms with Crippen LogP contribution in [0, 0.1) is 29.5 Å². The molecular weight excluding hydrogens is 496 g/mol. The van der Waals surface area contributed by atoms with Gasteiger partial charge in [-0.1, -0.05) is 17.7 Å². The fourth-order valence-electron chi connectivity index (χ4n) is 5.45. The zero-order valence-electron chi connectivity index (χ0n) is 21.1. The van der Waals surface area contributed by atoms with Gasteiger partial charge in [-0.05, 0) is 79.8 Å². The first-order valence-corrected chi connectivity index (χ1v) is 13.4. The van der Waals surface area contributed by atoms with Crippen molar-refractivity contribution in [1.29, 1.82) is 5.26 Å². The van der Waals surface area contributed by atoms with Gasteiger partial charge >= 0.3 is 0 Å². The molecule has 1 unspecified atom stereocenters. The van der Waals surface area contributed by atoms with Gasteiger partial charge in [0.2, 0.25) is 0 Å². The van der Waals surface area contributed by atoms with Crippen LogP contribution in [-0.2, 0) is 6.54 Å². The number of rotatable bonds is 7. The summed E-state index contributed by atoms with van der Waals surface area (Å²) in [7, 11) is 0. The molecule has 1 amide bonds. The minimum Gasteiger partial charge on any atom is -0.492 e. The highest BCUT2D eigenvalue weighted by molar-refractivity contribution is 6.30. The monoisotopic (exact) mass is 527 g/mol. The fraction of sp³-hybridized carbons (Fsp3) is 0.517. The Hall–Kier alpha value is -2.69. The van der Waals surface area contributed by atoms with Crippen LogP contribution in [0.5, 0.6) is 5.75 Å². The van der Waals surface area contributed by atoms with E-state index in [0.717, 1.165) is 54.2 Å². The van der Waals surface area contributed by atoms with E-state index in [-0.39, 0.29) is 31.1 Å². The van der Waals surface area contributed by atoms with Gasteiger partial charge in [-0.25, -0.2) is 8.78 Å². The van der Waals surface area contributed by atoms with E-state index in [1.54, 1.807) is 6.07 Å².